The lowest BCUT2D eigenvalue weighted by Crippen LogP contribution is -2.68. The first-order chi connectivity index (χ1) is 10.3. The van der Waals surface area contributed by atoms with Crippen LogP contribution in [0.4, 0.5) is 22.0 Å². The van der Waals surface area contributed by atoms with E-state index in [1.807, 2.05) is 0 Å². The maximum Gasteiger partial charge on any atom is 0.423 e. The largest absolute Gasteiger partial charge is 0.452 e. The molecule has 0 saturated heterocycles. The molecule has 0 spiro atoms. The Morgan fingerprint density at radius 2 is 1.65 bits per heavy atom. The molecule has 1 fully saturated rings. The minimum atomic E-state index is -5.55. The number of esters is 1. The molecule has 2 atom stereocenters. The lowest BCUT2D eigenvalue weighted by atomic mass is 9.73. The van der Waals surface area contributed by atoms with Crippen LogP contribution < -0.4 is 0 Å². The van der Waals surface area contributed by atoms with Gasteiger partial charge in [0.2, 0.25) is 5.60 Å². The Bertz CT molecular complexity index is 425. The zero-order chi connectivity index (χ0) is 18.1. The molecule has 0 bridgehead atoms. The quantitative estimate of drug-likeness (QED) is 0.599. The summed E-state index contributed by atoms with van der Waals surface area (Å²) in [5.41, 5.74) is -6.92. The Labute approximate surface area is 132 Å². The van der Waals surface area contributed by atoms with Crippen LogP contribution in [0.2, 0.25) is 0 Å². The molecule has 0 aromatic carbocycles. The second-order valence-corrected chi connectivity index (χ2v) is 6.43. The van der Waals surface area contributed by atoms with Gasteiger partial charge in [-0.2, -0.15) is 22.0 Å². The Balaban J connectivity index is 3.27. The van der Waals surface area contributed by atoms with E-state index in [1.165, 1.54) is 6.92 Å². The zero-order valence-electron chi connectivity index (χ0n) is 13.5. The van der Waals surface area contributed by atoms with Crippen LogP contribution in [0.3, 0.4) is 0 Å². The molecule has 8 heteroatoms. The molecule has 0 radical (unpaired) electrons. The van der Waals surface area contributed by atoms with Crippen molar-refractivity contribution in [1.29, 1.82) is 0 Å². The Morgan fingerprint density at radius 3 is 2.04 bits per heavy atom. The van der Waals surface area contributed by atoms with Crippen LogP contribution >= 0.6 is 0 Å². The van der Waals surface area contributed by atoms with Gasteiger partial charge in [0.1, 0.15) is 0 Å². The fourth-order valence-corrected chi connectivity index (χ4v) is 2.68. The maximum atomic E-state index is 14.7. The standard InChI is InChI=1S/C15H23F5O3/c1-4-10(2)11(21)23-13(8-6-5-7-9-13)14(16,17)12(3,22)15(18,19)20/h10,22H,4-9H2,1-3H3. The molecule has 3 nitrogen and oxygen atoms in total. The number of alkyl halides is 5. The second kappa shape index (κ2) is 6.53. The number of rotatable bonds is 5. The van der Waals surface area contributed by atoms with Crippen molar-refractivity contribution in [3.8, 4) is 0 Å². The van der Waals surface area contributed by atoms with Crippen LogP contribution in [0.5, 0.6) is 0 Å². The van der Waals surface area contributed by atoms with Crippen LogP contribution in [0.1, 0.15) is 59.3 Å². The first-order valence-electron chi connectivity index (χ1n) is 7.72. The highest BCUT2D eigenvalue weighted by atomic mass is 19.4. The molecule has 23 heavy (non-hydrogen) atoms. The van der Waals surface area contributed by atoms with Gasteiger partial charge in [-0.05, 0) is 39.0 Å². The number of ether oxygens (including phenoxy) is 1. The smallest absolute Gasteiger partial charge is 0.423 e. The average Bonchev–Trinajstić information content (AvgIpc) is 2.45. The lowest BCUT2D eigenvalue weighted by Gasteiger charge is -2.48. The van der Waals surface area contributed by atoms with Crippen LogP contribution in [-0.2, 0) is 9.53 Å². The van der Waals surface area contributed by atoms with Crippen molar-refractivity contribution in [2.24, 2.45) is 5.92 Å². The van der Waals surface area contributed by atoms with E-state index in [2.05, 4.69) is 0 Å². The van der Waals surface area contributed by atoms with Gasteiger partial charge in [0.15, 0.2) is 5.60 Å². The van der Waals surface area contributed by atoms with E-state index in [1.54, 1.807) is 6.92 Å². The average molecular weight is 346 g/mol. The van der Waals surface area contributed by atoms with Gasteiger partial charge < -0.3 is 9.84 Å². The molecular weight excluding hydrogens is 323 g/mol. The molecular formula is C15H23F5O3. The molecule has 0 heterocycles. The molecule has 0 aliphatic heterocycles. The predicted molar refractivity (Wildman–Crippen MR) is 73.0 cm³/mol. The zero-order valence-corrected chi connectivity index (χ0v) is 13.5. The third-order valence-corrected chi connectivity index (χ3v) is 4.71. The van der Waals surface area contributed by atoms with Gasteiger partial charge in [0, 0.05) is 0 Å². The summed E-state index contributed by atoms with van der Waals surface area (Å²) < 4.78 is 73.2. The molecule has 0 amide bonds. The van der Waals surface area contributed by atoms with E-state index in [9.17, 15) is 31.9 Å². The van der Waals surface area contributed by atoms with E-state index in [4.69, 9.17) is 4.74 Å². The van der Waals surface area contributed by atoms with E-state index in [-0.39, 0.29) is 19.8 Å². The number of aliphatic hydroxyl groups is 1. The molecule has 1 aliphatic carbocycles. The van der Waals surface area contributed by atoms with Crippen molar-refractivity contribution < 1.29 is 36.6 Å². The molecule has 1 aliphatic rings. The van der Waals surface area contributed by atoms with Gasteiger partial charge in [0.25, 0.3) is 0 Å². The highest BCUT2D eigenvalue weighted by molar-refractivity contribution is 5.72. The van der Waals surface area contributed by atoms with Gasteiger partial charge in [-0.15, -0.1) is 0 Å². The van der Waals surface area contributed by atoms with E-state index in [0.717, 1.165) is 0 Å². The van der Waals surface area contributed by atoms with Crippen molar-refractivity contribution in [3.63, 3.8) is 0 Å². The minimum absolute atomic E-state index is 0.0282. The van der Waals surface area contributed by atoms with Crippen LogP contribution in [0, 0.1) is 5.92 Å². The topological polar surface area (TPSA) is 46.5 Å². The molecule has 1 saturated carbocycles. The van der Waals surface area contributed by atoms with Gasteiger partial charge in [0.05, 0.1) is 5.92 Å². The fraction of sp³-hybridized carbons (Fsp3) is 0.933. The molecule has 136 valence electrons. The van der Waals surface area contributed by atoms with Crippen molar-refractivity contribution >= 4 is 5.97 Å². The second-order valence-electron chi connectivity index (χ2n) is 6.43. The number of carbonyl (C=O) groups is 1. The van der Waals surface area contributed by atoms with Crippen molar-refractivity contribution in [2.75, 3.05) is 0 Å². The van der Waals surface area contributed by atoms with E-state index in [0.29, 0.717) is 12.8 Å². The molecule has 0 aromatic rings. The molecule has 0 aromatic heterocycles. The summed E-state index contributed by atoms with van der Waals surface area (Å²) in [6.45, 7) is 3.13. The van der Waals surface area contributed by atoms with Crippen LogP contribution in [0.15, 0.2) is 0 Å². The van der Waals surface area contributed by atoms with E-state index >= 15 is 0 Å². The highest BCUT2D eigenvalue weighted by Gasteiger charge is 2.75. The van der Waals surface area contributed by atoms with E-state index < -0.39 is 48.0 Å². The van der Waals surface area contributed by atoms with Crippen molar-refractivity contribution in [3.05, 3.63) is 0 Å². The Hall–Kier alpha value is -0.920. The summed E-state index contributed by atoms with van der Waals surface area (Å²) in [4.78, 5) is 12.0. The summed E-state index contributed by atoms with van der Waals surface area (Å²) in [5.74, 6) is -6.32. The summed E-state index contributed by atoms with van der Waals surface area (Å²) in [6, 6.07) is 0. The summed E-state index contributed by atoms with van der Waals surface area (Å²) in [5, 5.41) is 9.54. The number of hydrogen-bond acceptors (Lipinski definition) is 3. The van der Waals surface area contributed by atoms with Gasteiger partial charge >= 0.3 is 18.1 Å². The summed E-state index contributed by atoms with van der Waals surface area (Å²) in [6.07, 6.45) is -5.08. The van der Waals surface area contributed by atoms with Gasteiger partial charge in [-0.25, -0.2) is 0 Å². The molecule has 2 unspecified atom stereocenters. The SMILES string of the molecule is CCC(C)C(=O)OC1(C(F)(F)C(C)(O)C(F)(F)F)CCCCC1. The van der Waals surface area contributed by atoms with Crippen LogP contribution in [0.25, 0.3) is 0 Å². The Morgan fingerprint density at radius 1 is 1.17 bits per heavy atom. The van der Waals surface area contributed by atoms with Crippen molar-refractivity contribution in [2.45, 2.75) is 82.6 Å². The maximum absolute atomic E-state index is 14.7. The fourth-order valence-electron chi connectivity index (χ4n) is 2.68. The third kappa shape index (κ3) is 3.46. The predicted octanol–water partition coefficient (Wildman–Crippen LogP) is 4.23. The first-order valence-corrected chi connectivity index (χ1v) is 7.72. The normalized spacial score (nSPS) is 23.0. The molecule has 1 rings (SSSR count). The highest BCUT2D eigenvalue weighted by Crippen LogP contribution is 2.53. The number of carbonyl (C=O) groups excluding carboxylic acids is 1. The number of hydrogen-bond donors (Lipinski definition) is 1. The molecule has 1 N–H and O–H groups in total. The minimum Gasteiger partial charge on any atom is -0.452 e. The van der Waals surface area contributed by atoms with Gasteiger partial charge in [-0.1, -0.05) is 20.3 Å². The third-order valence-electron chi connectivity index (χ3n) is 4.71. The lowest BCUT2D eigenvalue weighted by molar-refractivity contribution is -0.365. The van der Waals surface area contributed by atoms with Crippen LogP contribution in [-0.4, -0.2) is 34.4 Å². The summed E-state index contributed by atoms with van der Waals surface area (Å²) >= 11 is 0. The summed E-state index contributed by atoms with van der Waals surface area (Å²) in [7, 11) is 0. The van der Waals surface area contributed by atoms with Gasteiger partial charge in [-0.3, -0.25) is 4.79 Å². The Kier molecular flexibility index (Phi) is 5.71. The first kappa shape index (κ1) is 20.1. The number of halogens is 5. The monoisotopic (exact) mass is 346 g/mol. The van der Waals surface area contributed by atoms with Crippen molar-refractivity contribution in [1.82, 2.24) is 0 Å².